The van der Waals surface area contributed by atoms with Gasteiger partial charge in [0.25, 0.3) is 5.91 Å². The highest BCUT2D eigenvalue weighted by molar-refractivity contribution is 6.24. The van der Waals surface area contributed by atoms with Crippen LogP contribution >= 0.6 is 0 Å². The number of fused-ring (bicyclic) bond motifs is 3. The van der Waals surface area contributed by atoms with Gasteiger partial charge in [-0.15, -0.1) is 0 Å². The molecule has 0 unspecified atom stereocenters. The number of nitrogens with zero attached hydrogens (tertiary/aromatic N) is 2. The predicted octanol–water partition coefficient (Wildman–Crippen LogP) is 1.58. The van der Waals surface area contributed by atoms with E-state index in [1.165, 1.54) is 25.1 Å². The van der Waals surface area contributed by atoms with E-state index in [0.717, 1.165) is 0 Å². The first-order chi connectivity index (χ1) is 18.0. The molecule has 0 aromatic heterocycles. The lowest BCUT2D eigenvalue weighted by Crippen LogP contribution is -2.65. The number of aliphatic hydroxyl groups excluding tert-OH is 2. The molecule has 3 aliphatic rings. The number of aromatic hydroxyl groups is 1. The molecule has 4 rings (SSSR count). The maximum Gasteiger partial charge on any atom is 0.255 e. The van der Waals surface area contributed by atoms with E-state index in [-0.39, 0.29) is 47.7 Å². The zero-order valence-electron chi connectivity index (χ0n) is 22.9. The first-order valence-corrected chi connectivity index (χ1v) is 12.9. The number of hydrogen-bond donors (Lipinski definition) is 5. The lowest BCUT2D eigenvalue weighted by Gasteiger charge is -2.50. The molecular weight excluding hydrogens is 509 g/mol. The summed E-state index contributed by atoms with van der Waals surface area (Å²) in [6, 6.07) is 0.135. The van der Waals surface area contributed by atoms with Crippen molar-refractivity contribution < 1.29 is 39.2 Å². The largest absolute Gasteiger partial charge is 0.508 e. The van der Waals surface area contributed by atoms with E-state index >= 15 is 4.39 Å². The van der Waals surface area contributed by atoms with Crippen LogP contribution in [0.2, 0.25) is 0 Å². The zero-order chi connectivity index (χ0) is 29.3. The van der Waals surface area contributed by atoms with Crippen LogP contribution in [-0.4, -0.2) is 86.5 Å². The van der Waals surface area contributed by atoms with Crippen molar-refractivity contribution in [2.75, 3.05) is 21.1 Å². The van der Waals surface area contributed by atoms with Gasteiger partial charge in [-0.25, -0.2) is 4.39 Å². The highest BCUT2D eigenvalue weighted by Crippen LogP contribution is 2.53. The Balaban J connectivity index is 1.87. The second-order valence-corrected chi connectivity index (χ2v) is 11.6. The van der Waals surface area contributed by atoms with E-state index < -0.39 is 69.6 Å². The minimum Gasteiger partial charge on any atom is -0.508 e. The van der Waals surface area contributed by atoms with Crippen molar-refractivity contribution in [2.24, 2.45) is 23.5 Å². The van der Waals surface area contributed by atoms with Gasteiger partial charge in [0, 0.05) is 35.2 Å². The van der Waals surface area contributed by atoms with Gasteiger partial charge < -0.3 is 26.2 Å². The second-order valence-electron chi connectivity index (χ2n) is 11.6. The summed E-state index contributed by atoms with van der Waals surface area (Å²) in [4.78, 5) is 42.4. The molecule has 11 heteroatoms. The van der Waals surface area contributed by atoms with Gasteiger partial charge in [-0.05, 0) is 58.8 Å². The number of carbonyl (C=O) groups excluding carboxylic acids is 3. The molecule has 0 heterocycles. The molecule has 1 aromatic carbocycles. The van der Waals surface area contributed by atoms with Gasteiger partial charge >= 0.3 is 0 Å². The van der Waals surface area contributed by atoms with E-state index in [2.05, 4.69) is 0 Å². The Hall–Kier alpha value is -3.28. The molecule has 1 amide bonds. The number of phenols is 1. The Bertz CT molecular complexity index is 1330. The minimum atomic E-state index is -2.73. The van der Waals surface area contributed by atoms with Gasteiger partial charge in [0.15, 0.2) is 11.4 Å². The third-order valence-electron chi connectivity index (χ3n) is 8.81. The van der Waals surface area contributed by atoms with Crippen molar-refractivity contribution in [3.8, 4) is 5.75 Å². The van der Waals surface area contributed by atoms with Crippen LogP contribution in [0, 0.1) is 23.6 Å². The topological polar surface area (TPSA) is 165 Å². The molecule has 0 bridgehead atoms. The monoisotopic (exact) mass is 545 g/mol. The Morgan fingerprint density at radius 1 is 1.18 bits per heavy atom. The fraction of sp³-hybridized carbons (Fsp3) is 0.536. The van der Waals surface area contributed by atoms with Gasteiger partial charge in [0.1, 0.15) is 28.7 Å². The van der Waals surface area contributed by atoms with E-state index in [9.17, 15) is 34.8 Å². The molecule has 212 valence electrons. The average Bonchev–Trinajstić information content (AvgIpc) is 2.83. The third-order valence-corrected chi connectivity index (χ3v) is 8.81. The molecule has 1 aromatic rings. The summed E-state index contributed by atoms with van der Waals surface area (Å²) in [5.41, 5.74) is 1.40. The molecule has 0 spiro atoms. The molecule has 1 saturated carbocycles. The van der Waals surface area contributed by atoms with Crippen molar-refractivity contribution >= 4 is 23.2 Å². The van der Waals surface area contributed by atoms with Crippen LogP contribution in [0.3, 0.4) is 0 Å². The Morgan fingerprint density at radius 3 is 2.33 bits per heavy atom. The molecule has 6 N–H and O–H groups in total. The van der Waals surface area contributed by atoms with Gasteiger partial charge in [0.05, 0.1) is 11.6 Å². The molecule has 0 saturated heterocycles. The van der Waals surface area contributed by atoms with Crippen LogP contribution in [0.5, 0.6) is 5.75 Å². The van der Waals surface area contributed by atoms with Crippen LogP contribution in [0.4, 0.5) is 4.39 Å². The Morgan fingerprint density at radius 2 is 1.79 bits per heavy atom. The van der Waals surface area contributed by atoms with E-state index in [0.29, 0.717) is 5.92 Å². The maximum absolute atomic E-state index is 15.9. The summed E-state index contributed by atoms with van der Waals surface area (Å²) < 4.78 is 15.9. The molecule has 0 radical (unpaired) electrons. The molecule has 10 nitrogen and oxygen atoms in total. The summed E-state index contributed by atoms with van der Waals surface area (Å²) >= 11 is 0. The third kappa shape index (κ3) is 4.14. The van der Waals surface area contributed by atoms with Crippen LogP contribution in [0.1, 0.15) is 43.9 Å². The van der Waals surface area contributed by atoms with Crippen LogP contribution in [0.15, 0.2) is 23.0 Å². The number of halogens is 1. The normalized spacial score (nSPS) is 27.7. The fourth-order valence-corrected chi connectivity index (χ4v) is 6.38. The van der Waals surface area contributed by atoms with E-state index in [1.807, 2.05) is 32.7 Å². The number of nitrogens with two attached hydrogens (primary N) is 1. The number of hydrogen-bond acceptors (Lipinski definition) is 9. The smallest absolute Gasteiger partial charge is 0.255 e. The van der Waals surface area contributed by atoms with Crippen LogP contribution in [0.25, 0.3) is 5.76 Å². The number of carbonyl (C=O) groups is 3. The van der Waals surface area contributed by atoms with Crippen molar-refractivity contribution in [2.45, 2.75) is 57.8 Å². The summed E-state index contributed by atoms with van der Waals surface area (Å²) in [7, 11) is 4.89. The van der Waals surface area contributed by atoms with E-state index in [1.54, 1.807) is 0 Å². The summed E-state index contributed by atoms with van der Waals surface area (Å²) in [6.45, 7) is 6.30. The number of benzene rings is 1. The Labute approximate surface area is 226 Å². The van der Waals surface area contributed by atoms with E-state index in [4.69, 9.17) is 5.73 Å². The standard InChI is InChI=1S/C28H36FN3O7/c1-11(2)12(3)32(6)10-14-9-17(33)19-15(21(14)29)7-13-8-16-22(31(4)5)24(35)20(27(30)38)26(37)28(16,39)25(36)18(13)23(19)34/h9,11-13,16,22,33-34,37,39H,7-8,10H2,1-6H3,(H2,30,38)/t12-,13+,16+,22+,28+/m1/s1. The molecule has 5 atom stereocenters. The predicted molar refractivity (Wildman–Crippen MR) is 140 cm³/mol. The molecule has 1 fully saturated rings. The number of Topliss-reactive ketones (excluding diaryl/α,β-unsaturated/α-hetero) is 2. The Kier molecular flexibility index (Phi) is 7.16. The van der Waals surface area contributed by atoms with Crippen LogP contribution < -0.4 is 5.73 Å². The first-order valence-electron chi connectivity index (χ1n) is 12.9. The summed E-state index contributed by atoms with van der Waals surface area (Å²) in [5, 5.41) is 44.5. The molecule has 3 aliphatic carbocycles. The number of phenolic OH excluding ortho intramolecular Hbond substituents is 1. The molecular formula is C28H36FN3O7. The van der Waals surface area contributed by atoms with Gasteiger partial charge in [0.2, 0.25) is 5.78 Å². The lowest BCUT2D eigenvalue weighted by atomic mass is 9.57. The van der Waals surface area contributed by atoms with Crippen molar-refractivity contribution in [3.63, 3.8) is 0 Å². The van der Waals surface area contributed by atoms with Crippen LogP contribution in [-0.2, 0) is 27.3 Å². The maximum atomic E-state index is 15.9. The lowest BCUT2D eigenvalue weighted by molar-refractivity contribution is -0.153. The molecule has 39 heavy (non-hydrogen) atoms. The van der Waals surface area contributed by atoms with Crippen molar-refractivity contribution in [1.82, 2.24) is 9.80 Å². The minimum absolute atomic E-state index is 0.0289. The number of likely N-dealkylation sites (N-methyl/N-ethyl adjacent to an activating group) is 1. The average molecular weight is 546 g/mol. The number of ketones is 2. The summed E-state index contributed by atoms with van der Waals surface area (Å²) in [5.74, 6) is -7.93. The highest BCUT2D eigenvalue weighted by atomic mass is 19.1. The van der Waals surface area contributed by atoms with Gasteiger partial charge in [-0.2, -0.15) is 0 Å². The molecule has 0 aliphatic heterocycles. The van der Waals surface area contributed by atoms with Crippen molar-refractivity contribution in [1.29, 1.82) is 0 Å². The second kappa shape index (κ2) is 9.72. The van der Waals surface area contributed by atoms with Crippen molar-refractivity contribution in [3.05, 3.63) is 45.5 Å². The quantitative estimate of drug-likeness (QED) is 0.334. The van der Waals surface area contributed by atoms with Gasteiger partial charge in [-0.1, -0.05) is 13.8 Å². The first kappa shape index (κ1) is 28.7. The number of primary amides is 1. The highest BCUT2D eigenvalue weighted by Gasteiger charge is 2.64. The zero-order valence-corrected chi connectivity index (χ0v) is 22.9. The number of amides is 1. The van der Waals surface area contributed by atoms with Gasteiger partial charge in [-0.3, -0.25) is 24.2 Å². The number of aliphatic hydroxyl groups is 3. The fourth-order valence-electron chi connectivity index (χ4n) is 6.38. The SMILES string of the molecule is CC(C)[C@@H](C)N(C)Cc1cc(O)c2c(c1F)C[C@H]1C[C@H]3[C@H](N(C)C)C(=O)C(C(N)=O)=C(O)[C@@]3(O)C(=O)C1=C2O. The number of rotatable bonds is 6. The summed E-state index contributed by atoms with van der Waals surface area (Å²) in [6.07, 6.45) is -0.189.